The van der Waals surface area contributed by atoms with Gasteiger partial charge in [-0.3, -0.25) is 0 Å². The van der Waals surface area contributed by atoms with E-state index in [0.717, 1.165) is 13.2 Å². The second kappa shape index (κ2) is 10.7. The van der Waals surface area contributed by atoms with E-state index in [4.69, 9.17) is 4.74 Å². The Hall–Kier alpha value is -0.300. The highest BCUT2D eigenvalue weighted by molar-refractivity contribution is 4.75. The molecular weight excluding hydrogens is 148 g/mol. The minimum absolute atomic E-state index is 0.782. The van der Waals surface area contributed by atoms with Gasteiger partial charge >= 0.3 is 0 Å². The van der Waals surface area contributed by atoms with E-state index in [1.807, 2.05) is 19.1 Å². The van der Waals surface area contributed by atoms with Crippen molar-refractivity contribution in [2.75, 3.05) is 13.2 Å². The highest BCUT2D eigenvalue weighted by atomic mass is 16.5. The second-order valence-corrected chi connectivity index (χ2v) is 3.06. The zero-order valence-electron chi connectivity index (χ0n) is 8.51. The van der Waals surface area contributed by atoms with Crippen LogP contribution >= 0.6 is 0 Å². The van der Waals surface area contributed by atoms with Crippen LogP contribution in [0.3, 0.4) is 0 Å². The molecule has 0 aromatic heterocycles. The first-order chi connectivity index (χ1) is 5.91. The number of hydrogen-bond acceptors (Lipinski definition) is 1. The highest BCUT2D eigenvalue weighted by Gasteiger charge is 1.88. The van der Waals surface area contributed by atoms with Crippen LogP contribution < -0.4 is 0 Å². The lowest BCUT2D eigenvalue weighted by Gasteiger charge is -2.00. The van der Waals surface area contributed by atoms with E-state index in [2.05, 4.69) is 6.92 Å². The fourth-order valence-corrected chi connectivity index (χ4v) is 1.06. The van der Waals surface area contributed by atoms with Crippen LogP contribution in [0.25, 0.3) is 0 Å². The number of allylic oxidation sites excluding steroid dienone is 1. The summed E-state index contributed by atoms with van der Waals surface area (Å²) in [5, 5.41) is 0. The van der Waals surface area contributed by atoms with Crippen molar-refractivity contribution in [3.05, 3.63) is 12.2 Å². The van der Waals surface area contributed by atoms with E-state index in [9.17, 15) is 0 Å². The molecule has 0 aliphatic heterocycles. The average Bonchev–Trinajstić information content (AvgIpc) is 2.10. The standard InChI is InChI=1S/C11H22O/c1-3-5-7-8-9-11-12-10-6-4-2/h4,6H,3,5,7-11H2,1-2H3/b6-4+. The molecule has 0 bridgehead atoms. The molecule has 0 aliphatic carbocycles. The van der Waals surface area contributed by atoms with E-state index >= 15 is 0 Å². The van der Waals surface area contributed by atoms with Gasteiger partial charge in [0.25, 0.3) is 0 Å². The van der Waals surface area contributed by atoms with Crippen molar-refractivity contribution in [3.63, 3.8) is 0 Å². The summed E-state index contributed by atoms with van der Waals surface area (Å²) < 4.78 is 5.37. The Bertz CT molecular complexity index is 97.2. The van der Waals surface area contributed by atoms with E-state index in [-0.39, 0.29) is 0 Å². The largest absolute Gasteiger partial charge is 0.377 e. The zero-order valence-corrected chi connectivity index (χ0v) is 8.51. The van der Waals surface area contributed by atoms with Crippen molar-refractivity contribution in [1.29, 1.82) is 0 Å². The fraction of sp³-hybridized carbons (Fsp3) is 0.818. The van der Waals surface area contributed by atoms with Gasteiger partial charge in [-0.05, 0) is 13.3 Å². The van der Waals surface area contributed by atoms with E-state index < -0.39 is 0 Å². The topological polar surface area (TPSA) is 9.23 Å². The Balaban J connectivity index is 2.81. The molecule has 0 rings (SSSR count). The van der Waals surface area contributed by atoms with Gasteiger partial charge in [0.05, 0.1) is 6.61 Å². The third-order valence-electron chi connectivity index (χ3n) is 1.84. The van der Waals surface area contributed by atoms with Crippen molar-refractivity contribution in [2.45, 2.75) is 46.0 Å². The van der Waals surface area contributed by atoms with Crippen molar-refractivity contribution in [1.82, 2.24) is 0 Å². The van der Waals surface area contributed by atoms with Gasteiger partial charge in [-0.2, -0.15) is 0 Å². The third-order valence-corrected chi connectivity index (χ3v) is 1.84. The van der Waals surface area contributed by atoms with Gasteiger partial charge in [-0.1, -0.05) is 44.8 Å². The molecule has 0 saturated heterocycles. The number of hydrogen-bond donors (Lipinski definition) is 0. The molecule has 1 heteroatoms. The molecule has 0 aromatic carbocycles. The van der Waals surface area contributed by atoms with Crippen LogP contribution in [0, 0.1) is 0 Å². The minimum atomic E-state index is 0.782. The fourth-order valence-electron chi connectivity index (χ4n) is 1.06. The number of rotatable bonds is 8. The number of ether oxygens (including phenoxy) is 1. The van der Waals surface area contributed by atoms with Crippen molar-refractivity contribution < 1.29 is 4.74 Å². The quantitative estimate of drug-likeness (QED) is 0.400. The molecule has 0 fully saturated rings. The average molecular weight is 170 g/mol. The normalized spacial score (nSPS) is 11.2. The predicted molar refractivity (Wildman–Crippen MR) is 54.4 cm³/mol. The Morgan fingerprint density at radius 3 is 2.50 bits per heavy atom. The maximum Gasteiger partial charge on any atom is 0.0647 e. The molecule has 0 heterocycles. The smallest absolute Gasteiger partial charge is 0.0647 e. The minimum Gasteiger partial charge on any atom is -0.377 e. The molecule has 0 aliphatic rings. The summed E-state index contributed by atoms with van der Waals surface area (Å²) in [6.07, 6.45) is 10.7. The Morgan fingerprint density at radius 1 is 1.08 bits per heavy atom. The van der Waals surface area contributed by atoms with Gasteiger partial charge in [0.1, 0.15) is 0 Å². The zero-order chi connectivity index (χ0) is 9.07. The van der Waals surface area contributed by atoms with E-state index in [1.54, 1.807) is 0 Å². The molecule has 0 unspecified atom stereocenters. The summed E-state index contributed by atoms with van der Waals surface area (Å²) >= 11 is 0. The lowest BCUT2D eigenvalue weighted by molar-refractivity contribution is 0.157. The lowest BCUT2D eigenvalue weighted by Crippen LogP contribution is -1.93. The molecule has 0 saturated carbocycles. The SMILES string of the molecule is C/C=C/COCCCCCCC. The van der Waals surface area contributed by atoms with Crippen LogP contribution in [-0.2, 0) is 4.74 Å². The molecular formula is C11H22O. The first-order valence-electron chi connectivity index (χ1n) is 5.10. The summed E-state index contributed by atoms with van der Waals surface area (Å²) in [6.45, 7) is 5.96. The van der Waals surface area contributed by atoms with Crippen molar-refractivity contribution in [3.8, 4) is 0 Å². The van der Waals surface area contributed by atoms with Gasteiger partial charge < -0.3 is 4.74 Å². The summed E-state index contributed by atoms with van der Waals surface area (Å²) in [7, 11) is 0. The van der Waals surface area contributed by atoms with Crippen LogP contribution in [0.4, 0.5) is 0 Å². The van der Waals surface area contributed by atoms with Gasteiger partial charge in [0.2, 0.25) is 0 Å². The first-order valence-corrected chi connectivity index (χ1v) is 5.10. The second-order valence-electron chi connectivity index (χ2n) is 3.06. The predicted octanol–water partition coefficient (Wildman–Crippen LogP) is 3.55. The molecule has 72 valence electrons. The van der Waals surface area contributed by atoms with E-state index in [0.29, 0.717) is 0 Å². The van der Waals surface area contributed by atoms with Gasteiger partial charge in [-0.15, -0.1) is 0 Å². The van der Waals surface area contributed by atoms with Gasteiger partial charge in [0, 0.05) is 6.61 Å². The van der Waals surface area contributed by atoms with Gasteiger partial charge in [-0.25, -0.2) is 0 Å². The molecule has 12 heavy (non-hydrogen) atoms. The van der Waals surface area contributed by atoms with Crippen LogP contribution in [0.5, 0.6) is 0 Å². The number of unbranched alkanes of at least 4 members (excludes halogenated alkanes) is 4. The van der Waals surface area contributed by atoms with E-state index in [1.165, 1.54) is 32.1 Å². The molecule has 0 radical (unpaired) electrons. The van der Waals surface area contributed by atoms with Crippen LogP contribution in [-0.4, -0.2) is 13.2 Å². The summed E-state index contributed by atoms with van der Waals surface area (Å²) in [5.74, 6) is 0. The molecule has 0 N–H and O–H groups in total. The lowest BCUT2D eigenvalue weighted by atomic mass is 10.2. The Labute approximate surface area is 76.8 Å². The van der Waals surface area contributed by atoms with Crippen molar-refractivity contribution >= 4 is 0 Å². The van der Waals surface area contributed by atoms with Crippen LogP contribution in [0.1, 0.15) is 46.0 Å². The maximum atomic E-state index is 5.37. The summed E-state index contributed by atoms with van der Waals surface area (Å²) in [6, 6.07) is 0. The summed E-state index contributed by atoms with van der Waals surface area (Å²) in [5.41, 5.74) is 0. The highest BCUT2D eigenvalue weighted by Crippen LogP contribution is 2.01. The molecule has 0 atom stereocenters. The first kappa shape index (κ1) is 11.7. The maximum absolute atomic E-state index is 5.37. The van der Waals surface area contributed by atoms with Crippen molar-refractivity contribution in [2.24, 2.45) is 0 Å². The Morgan fingerprint density at radius 2 is 1.83 bits per heavy atom. The molecule has 0 aromatic rings. The van der Waals surface area contributed by atoms with Crippen LogP contribution in [0.2, 0.25) is 0 Å². The summed E-state index contributed by atoms with van der Waals surface area (Å²) in [4.78, 5) is 0. The third kappa shape index (κ3) is 9.70. The Kier molecular flexibility index (Phi) is 10.4. The van der Waals surface area contributed by atoms with Crippen LogP contribution in [0.15, 0.2) is 12.2 Å². The molecule has 1 nitrogen and oxygen atoms in total. The molecule has 0 spiro atoms. The van der Waals surface area contributed by atoms with Gasteiger partial charge in [0.15, 0.2) is 0 Å². The molecule has 0 amide bonds. The monoisotopic (exact) mass is 170 g/mol.